The molecular weight excluding hydrogens is 451 g/mol. The quantitative estimate of drug-likeness (QED) is 0.219. The Morgan fingerprint density at radius 2 is 1.53 bits per heavy atom. The molecule has 0 radical (unpaired) electrons. The van der Waals surface area contributed by atoms with Gasteiger partial charge in [0.15, 0.2) is 0 Å². The molecule has 0 N–H and O–H groups in total. The highest BCUT2D eigenvalue weighted by Gasteiger charge is 2.34. The molecule has 2 aliphatic carbocycles. The Balaban J connectivity index is 1.49. The second kappa shape index (κ2) is 11.7. The average molecular weight is 487 g/mol. The van der Waals surface area contributed by atoms with Crippen LogP contribution in [0.1, 0.15) is 83.6 Å². The van der Waals surface area contributed by atoms with Crippen LogP contribution in [0.15, 0.2) is 18.2 Å². The maximum absolute atomic E-state index is 14.1. The van der Waals surface area contributed by atoms with Crippen molar-refractivity contribution in [2.75, 3.05) is 0 Å². The fourth-order valence-corrected chi connectivity index (χ4v) is 5.86. The minimum atomic E-state index is -4.68. The highest BCUT2D eigenvalue weighted by molar-refractivity contribution is 5.75. The van der Waals surface area contributed by atoms with E-state index in [2.05, 4.69) is 13.8 Å². The number of carbonyl (C=O) groups excluding carboxylic acids is 1. The van der Waals surface area contributed by atoms with Gasteiger partial charge < -0.3 is 4.74 Å². The van der Waals surface area contributed by atoms with Gasteiger partial charge in [-0.25, -0.2) is 8.78 Å². The monoisotopic (exact) mass is 486 g/mol. The van der Waals surface area contributed by atoms with E-state index in [0.717, 1.165) is 36.8 Å². The zero-order chi connectivity index (χ0) is 24.9. The van der Waals surface area contributed by atoms with Crippen molar-refractivity contribution in [1.82, 2.24) is 0 Å². The molecule has 0 spiro atoms. The molecule has 0 heterocycles. The van der Waals surface area contributed by atoms with Crippen molar-refractivity contribution < 1.29 is 31.5 Å². The average Bonchev–Trinajstić information content (AvgIpc) is 2.78. The molecule has 0 amide bonds. The van der Waals surface area contributed by atoms with Gasteiger partial charge in [0.2, 0.25) is 0 Å². The molecular formula is C27H35F5O2. The number of hydrogen-bond donors (Lipinski definition) is 0. The first-order valence-electron chi connectivity index (χ1n) is 12.5. The van der Waals surface area contributed by atoms with Crippen LogP contribution in [0.25, 0.3) is 6.08 Å². The molecule has 1 atom stereocenters. The van der Waals surface area contributed by atoms with Gasteiger partial charge in [0.1, 0.15) is 17.4 Å². The Morgan fingerprint density at radius 3 is 2.03 bits per heavy atom. The van der Waals surface area contributed by atoms with Gasteiger partial charge in [-0.05, 0) is 81.1 Å². The summed E-state index contributed by atoms with van der Waals surface area (Å²) in [5, 5.41) is 0. The number of esters is 1. The third-order valence-corrected chi connectivity index (χ3v) is 7.85. The predicted octanol–water partition coefficient (Wildman–Crippen LogP) is 8.49. The van der Waals surface area contributed by atoms with E-state index in [9.17, 15) is 26.7 Å². The summed E-state index contributed by atoms with van der Waals surface area (Å²) in [5.41, 5.74) is -0.823. The molecule has 2 nitrogen and oxygen atoms in total. The van der Waals surface area contributed by atoms with Crippen molar-refractivity contribution in [3.63, 3.8) is 0 Å². The molecule has 0 bridgehead atoms. The summed E-state index contributed by atoms with van der Waals surface area (Å²) in [6, 6.07) is 1.50. The largest absolute Gasteiger partial charge is 0.426 e. The lowest BCUT2D eigenvalue weighted by atomic mass is 9.67. The van der Waals surface area contributed by atoms with Gasteiger partial charge in [0.05, 0.1) is 5.92 Å². The number of alkyl halides is 3. The third kappa shape index (κ3) is 7.29. The summed E-state index contributed by atoms with van der Waals surface area (Å²) in [6.07, 6.45) is 6.30. The number of benzene rings is 1. The van der Waals surface area contributed by atoms with E-state index in [1.165, 1.54) is 38.5 Å². The van der Waals surface area contributed by atoms with E-state index in [-0.39, 0.29) is 17.7 Å². The topological polar surface area (TPSA) is 26.3 Å². The van der Waals surface area contributed by atoms with Crippen molar-refractivity contribution in [3.8, 4) is 5.75 Å². The van der Waals surface area contributed by atoms with Crippen molar-refractivity contribution in [2.45, 2.75) is 84.2 Å². The van der Waals surface area contributed by atoms with Gasteiger partial charge in [-0.2, -0.15) is 13.2 Å². The third-order valence-electron chi connectivity index (χ3n) is 7.85. The Kier molecular flexibility index (Phi) is 9.16. The van der Waals surface area contributed by atoms with Crippen LogP contribution in [-0.2, 0) is 4.79 Å². The van der Waals surface area contributed by atoms with Gasteiger partial charge >= 0.3 is 12.1 Å². The van der Waals surface area contributed by atoms with E-state index in [4.69, 9.17) is 4.74 Å². The maximum atomic E-state index is 14.1. The molecule has 34 heavy (non-hydrogen) atoms. The van der Waals surface area contributed by atoms with Gasteiger partial charge in [0.25, 0.3) is 0 Å². The van der Waals surface area contributed by atoms with Crippen LogP contribution in [0.3, 0.4) is 0 Å². The Morgan fingerprint density at radius 1 is 1.00 bits per heavy atom. The minimum Gasteiger partial charge on any atom is -0.426 e. The van der Waals surface area contributed by atoms with Crippen molar-refractivity contribution in [2.24, 2.45) is 29.6 Å². The molecule has 2 saturated carbocycles. The van der Waals surface area contributed by atoms with Crippen LogP contribution < -0.4 is 4.74 Å². The van der Waals surface area contributed by atoms with Crippen molar-refractivity contribution in [3.05, 3.63) is 35.4 Å². The number of rotatable bonds is 7. The van der Waals surface area contributed by atoms with Crippen LogP contribution in [0.2, 0.25) is 0 Å². The Hall–Kier alpha value is -1.92. The van der Waals surface area contributed by atoms with E-state index >= 15 is 0 Å². The standard InChI is InChI=1S/C27H35F5O2/c1-3-4-17(2)18-5-7-19(8-6-18)20-9-11-21(12-10-20)26(33)34-22-15-24(28)23(25(29)16-22)13-14-27(30,31)32/h13-21H,3-12H2,1-2H3/b14-13+. The van der Waals surface area contributed by atoms with Gasteiger partial charge in [-0.1, -0.05) is 26.7 Å². The number of allylic oxidation sites excluding steroid dienone is 1. The molecule has 0 saturated heterocycles. The zero-order valence-electron chi connectivity index (χ0n) is 20.0. The number of ether oxygens (including phenoxy) is 1. The van der Waals surface area contributed by atoms with E-state index in [1.807, 2.05) is 0 Å². The van der Waals surface area contributed by atoms with Crippen LogP contribution in [0.4, 0.5) is 22.0 Å². The van der Waals surface area contributed by atoms with E-state index < -0.39 is 29.3 Å². The molecule has 0 aromatic heterocycles. The van der Waals surface area contributed by atoms with Gasteiger partial charge in [-0.15, -0.1) is 0 Å². The first kappa shape index (κ1) is 26.7. The number of halogens is 5. The summed E-state index contributed by atoms with van der Waals surface area (Å²) >= 11 is 0. The SMILES string of the molecule is CCCC(C)C1CCC(C2CCC(C(=O)Oc3cc(F)c(/C=C/C(F)(F)F)c(F)c3)CC2)CC1. The molecule has 0 aliphatic heterocycles. The van der Waals surface area contributed by atoms with Crippen LogP contribution in [0, 0.1) is 41.2 Å². The Labute approximate surface area is 198 Å². The second-order valence-electron chi connectivity index (χ2n) is 10.1. The smallest absolute Gasteiger partial charge is 0.409 e. The summed E-state index contributed by atoms with van der Waals surface area (Å²) in [7, 11) is 0. The lowest BCUT2D eigenvalue weighted by Crippen LogP contribution is -2.30. The lowest BCUT2D eigenvalue weighted by Gasteiger charge is -2.38. The molecule has 1 unspecified atom stereocenters. The van der Waals surface area contributed by atoms with Crippen molar-refractivity contribution in [1.29, 1.82) is 0 Å². The normalized spacial score (nSPS) is 27.0. The van der Waals surface area contributed by atoms with Crippen LogP contribution >= 0.6 is 0 Å². The molecule has 2 aliphatic rings. The summed E-state index contributed by atoms with van der Waals surface area (Å²) in [4.78, 5) is 12.6. The molecule has 190 valence electrons. The summed E-state index contributed by atoms with van der Waals surface area (Å²) in [6.45, 7) is 4.61. The second-order valence-corrected chi connectivity index (χ2v) is 10.1. The highest BCUT2D eigenvalue weighted by atomic mass is 19.4. The van der Waals surface area contributed by atoms with E-state index in [0.29, 0.717) is 30.8 Å². The summed E-state index contributed by atoms with van der Waals surface area (Å²) < 4.78 is 70.3. The molecule has 3 rings (SSSR count). The minimum absolute atomic E-state index is 0.239. The fraction of sp³-hybridized carbons (Fsp3) is 0.667. The van der Waals surface area contributed by atoms with E-state index in [1.54, 1.807) is 0 Å². The predicted molar refractivity (Wildman–Crippen MR) is 122 cm³/mol. The molecule has 1 aromatic rings. The zero-order valence-corrected chi connectivity index (χ0v) is 20.0. The lowest BCUT2D eigenvalue weighted by molar-refractivity contribution is -0.140. The Bertz CT molecular complexity index is 824. The molecule has 1 aromatic carbocycles. The number of carbonyl (C=O) groups is 1. The molecule has 7 heteroatoms. The first-order chi connectivity index (χ1) is 16.1. The van der Waals surface area contributed by atoms with Crippen molar-refractivity contribution >= 4 is 12.0 Å². The fourth-order valence-electron chi connectivity index (χ4n) is 5.86. The maximum Gasteiger partial charge on any atom is 0.409 e. The van der Waals surface area contributed by atoms with Gasteiger partial charge in [-0.3, -0.25) is 4.79 Å². The highest BCUT2D eigenvalue weighted by Crippen LogP contribution is 2.43. The van der Waals surface area contributed by atoms with Crippen LogP contribution in [0.5, 0.6) is 5.75 Å². The number of hydrogen-bond acceptors (Lipinski definition) is 2. The van der Waals surface area contributed by atoms with Crippen LogP contribution in [-0.4, -0.2) is 12.1 Å². The van der Waals surface area contributed by atoms with Gasteiger partial charge in [0, 0.05) is 23.8 Å². The first-order valence-corrected chi connectivity index (χ1v) is 12.5. The molecule has 2 fully saturated rings. The summed E-state index contributed by atoms with van der Waals surface area (Å²) in [5.74, 6) is -0.665.